The third kappa shape index (κ3) is 4300. The second-order valence-corrected chi connectivity index (χ2v) is 1.33. The van der Waals surface area contributed by atoms with Crippen LogP contribution in [0.5, 0.6) is 0 Å². The third-order valence-corrected chi connectivity index (χ3v) is 0. The summed E-state index contributed by atoms with van der Waals surface area (Å²) in [6.07, 6.45) is 0. The van der Waals surface area contributed by atoms with Crippen LogP contribution < -0.4 is 10.2 Å². The van der Waals surface area contributed by atoms with Crippen LogP contribution in [0.25, 0.3) is 0 Å². The maximum absolute atomic E-state index is 8.89. The van der Waals surface area contributed by atoms with E-state index >= 15 is 0 Å². The molecule has 0 rings (SSSR count). The molecule has 0 aromatic rings. The first-order chi connectivity index (χ1) is 5.20. The summed E-state index contributed by atoms with van der Waals surface area (Å²) in [5, 5.41) is 39.3. The van der Waals surface area contributed by atoms with Gasteiger partial charge in [-0.3, -0.25) is 0 Å². The smallest absolute Gasteiger partial charge is 0.550 e. The van der Waals surface area contributed by atoms with Crippen LogP contribution in [0.3, 0.4) is 0 Å². The van der Waals surface area contributed by atoms with Crippen LogP contribution in [0.15, 0.2) is 0 Å². The van der Waals surface area contributed by atoms with Crippen LogP contribution >= 0.6 is 0 Å². The van der Waals surface area contributed by atoms with E-state index in [9.17, 15) is 0 Å². The predicted octanol–water partition coefficient (Wildman–Crippen LogP) is -4.54. The molecule has 0 aliphatic rings. The molecular weight excluding hydrogens is 236 g/mol. The molecule has 0 heterocycles. The van der Waals surface area contributed by atoms with E-state index in [1.165, 1.54) is 0 Å². The number of rotatable bonds is 0. The van der Waals surface area contributed by atoms with Gasteiger partial charge in [0.1, 0.15) is 0 Å². The molecule has 0 radical (unpaired) electrons. The van der Waals surface area contributed by atoms with Crippen LogP contribution in [0.4, 0.5) is 0 Å². The average Bonchev–Trinajstić information content (AvgIpc) is 1.54. The van der Waals surface area contributed by atoms with Gasteiger partial charge in [-0.1, -0.05) is 0 Å². The fourth-order valence-corrected chi connectivity index (χ4v) is 0. The molecule has 0 spiro atoms. The second-order valence-electron chi connectivity index (χ2n) is 1.33. The maximum atomic E-state index is 8.89. The van der Waals surface area contributed by atoms with Crippen LogP contribution in [0.2, 0.25) is 0 Å². The standard InChI is InChI=1S/2C2H4O2.BH3O3.Zn/c2*1-2(3)4;2-1(3)4;/h2*1H3,(H,3,4);2-4H;/q;;;+2/p-2. The van der Waals surface area contributed by atoms with Crippen molar-refractivity contribution in [2.75, 3.05) is 0 Å². The van der Waals surface area contributed by atoms with Gasteiger partial charge < -0.3 is 34.9 Å². The largest absolute Gasteiger partial charge is 2.00 e. The molecular formula is C4H9BO7Zn. The number of hydrogen-bond donors (Lipinski definition) is 3. The van der Waals surface area contributed by atoms with Crippen molar-refractivity contribution >= 4 is 19.3 Å². The van der Waals surface area contributed by atoms with Crippen LogP contribution in [-0.2, 0) is 29.1 Å². The summed E-state index contributed by atoms with van der Waals surface area (Å²) in [6, 6.07) is 0. The van der Waals surface area contributed by atoms with Gasteiger partial charge in [0.05, 0.1) is 0 Å². The molecule has 0 bridgehead atoms. The van der Waals surface area contributed by atoms with E-state index < -0.39 is 19.3 Å². The van der Waals surface area contributed by atoms with E-state index in [-0.39, 0.29) is 19.5 Å². The minimum absolute atomic E-state index is 0. The Morgan fingerprint density at radius 1 is 1.00 bits per heavy atom. The summed E-state index contributed by atoms with van der Waals surface area (Å²) >= 11 is 0. The Balaban J connectivity index is -0.0000000450. The Morgan fingerprint density at radius 3 is 1.00 bits per heavy atom. The fourth-order valence-electron chi connectivity index (χ4n) is 0. The summed E-state index contributed by atoms with van der Waals surface area (Å²) < 4.78 is 0. The topological polar surface area (TPSA) is 141 Å². The van der Waals surface area contributed by atoms with Crippen molar-refractivity contribution in [3.63, 3.8) is 0 Å². The summed E-state index contributed by atoms with van der Waals surface area (Å²) in [7, 11) is -2.17. The monoisotopic (exact) mass is 244 g/mol. The number of carboxylic acids is 2. The number of carbonyl (C=O) groups excluding carboxylic acids is 2. The molecule has 3 N–H and O–H groups in total. The number of aliphatic carboxylic acids is 2. The van der Waals surface area contributed by atoms with E-state index in [1.54, 1.807) is 0 Å². The van der Waals surface area contributed by atoms with Gasteiger partial charge in [-0.2, -0.15) is 0 Å². The molecule has 0 saturated heterocycles. The van der Waals surface area contributed by atoms with Gasteiger partial charge in [0, 0.05) is 11.9 Å². The van der Waals surface area contributed by atoms with Crippen molar-refractivity contribution in [3.8, 4) is 0 Å². The van der Waals surface area contributed by atoms with Crippen LogP contribution in [0, 0.1) is 0 Å². The third-order valence-electron chi connectivity index (χ3n) is 0. The molecule has 0 unspecified atom stereocenters. The maximum Gasteiger partial charge on any atom is 2.00 e. The summed E-state index contributed by atoms with van der Waals surface area (Å²) in [5.74, 6) is -2.17. The molecule has 0 amide bonds. The molecule has 72 valence electrons. The molecule has 9 heteroatoms. The van der Waals surface area contributed by atoms with Crippen molar-refractivity contribution in [1.29, 1.82) is 0 Å². The average molecular weight is 245 g/mol. The molecule has 0 aromatic carbocycles. The molecule has 0 atom stereocenters. The van der Waals surface area contributed by atoms with Gasteiger partial charge in [0.25, 0.3) is 0 Å². The number of carboxylic acid groups (broad SMARTS) is 2. The first-order valence-electron chi connectivity index (χ1n) is 2.59. The van der Waals surface area contributed by atoms with Crippen molar-refractivity contribution in [2.24, 2.45) is 0 Å². The zero-order valence-electron chi connectivity index (χ0n) is 7.26. The first kappa shape index (κ1) is 22.9. The van der Waals surface area contributed by atoms with Gasteiger partial charge in [-0.05, 0) is 13.8 Å². The minimum atomic E-state index is -2.17. The minimum Gasteiger partial charge on any atom is -0.550 e. The summed E-state index contributed by atoms with van der Waals surface area (Å²) in [6.45, 7) is 1.94. The quantitative estimate of drug-likeness (QED) is 0.365. The van der Waals surface area contributed by atoms with Gasteiger partial charge in [-0.15, -0.1) is 0 Å². The van der Waals surface area contributed by atoms with Gasteiger partial charge >= 0.3 is 26.8 Å². The number of hydrogen-bond acceptors (Lipinski definition) is 7. The van der Waals surface area contributed by atoms with E-state index in [2.05, 4.69) is 0 Å². The van der Waals surface area contributed by atoms with Crippen molar-refractivity contribution in [3.05, 3.63) is 0 Å². The van der Waals surface area contributed by atoms with E-state index in [1.807, 2.05) is 0 Å². The Bertz CT molecular complexity index is 105. The van der Waals surface area contributed by atoms with Crippen LogP contribution in [-0.4, -0.2) is 34.3 Å². The Hall–Kier alpha value is -0.492. The van der Waals surface area contributed by atoms with Crippen molar-refractivity contribution in [1.82, 2.24) is 0 Å². The number of carbonyl (C=O) groups is 2. The molecule has 0 fully saturated rings. The molecule has 0 aliphatic heterocycles. The molecule has 13 heavy (non-hydrogen) atoms. The van der Waals surface area contributed by atoms with Crippen molar-refractivity contribution in [2.45, 2.75) is 13.8 Å². The van der Waals surface area contributed by atoms with E-state index in [4.69, 9.17) is 34.9 Å². The first-order valence-corrected chi connectivity index (χ1v) is 2.59. The fraction of sp³-hybridized carbons (Fsp3) is 0.500. The predicted molar refractivity (Wildman–Crippen MR) is 33.8 cm³/mol. The Labute approximate surface area is 88.0 Å². The SMILES string of the molecule is CC(=O)[O-].CC(=O)[O-].OB(O)O.[Zn+2]. The Kier molecular flexibility index (Phi) is 30.9. The molecule has 0 saturated carbocycles. The molecule has 0 aliphatic carbocycles. The van der Waals surface area contributed by atoms with Gasteiger partial charge in [0.2, 0.25) is 0 Å². The zero-order valence-corrected chi connectivity index (χ0v) is 10.2. The Morgan fingerprint density at radius 2 is 1.00 bits per heavy atom. The van der Waals surface area contributed by atoms with Crippen molar-refractivity contribution < 1.29 is 54.4 Å². The second kappa shape index (κ2) is 17.6. The van der Waals surface area contributed by atoms with E-state index in [0.717, 1.165) is 13.8 Å². The van der Waals surface area contributed by atoms with Crippen LogP contribution in [0.1, 0.15) is 13.8 Å². The molecule has 7 nitrogen and oxygen atoms in total. The molecule has 0 aromatic heterocycles. The normalized spacial score (nSPS) is 5.92. The zero-order chi connectivity index (χ0) is 10.7. The van der Waals surface area contributed by atoms with E-state index in [0.29, 0.717) is 0 Å². The van der Waals surface area contributed by atoms with Gasteiger partial charge in [0.15, 0.2) is 0 Å². The summed E-state index contributed by atoms with van der Waals surface area (Å²) in [4.78, 5) is 17.8. The summed E-state index contributed by atoms with van der Waals surface area (Å²) in [5.41, 5.74) is 0. The van der Waals surface area contributed by atoms with Gasteiger partial charge in [-0.25, -0.2) is 0 Å².